The molecule has 56 heavy (non-hydrogen) atoms. The van der Waals surface area contributed by atoms with Crippen LogP contribution in [-0.4, -0.2) is 85.7 Å². The lowest BCUT2D eigenvalue weighted by molar-refractivity contribution is -0.141. The summed E-state index contributed by atoms with van der Waals surface area (Å²) < 4.78 is 53.1. The smallest absolute Gasteiger partial charge is 0.497 e. The van der Waals surface area contributed by atoms with Crippen molar-refractivity contribution in [3.8, 4) is 11.5 Å². The van der Waals surface area contributed by atoms with Gasteiger partial charge in [-0.3, -0.25) is 15.5 Å². The fourth-order valence-corrected chi connectivity index (χ4v) is 4.43. The van der Waals surface area contributed by atoms with Crippen molar-refractivity contribution in [1.29, 1.82) is 5.41 Å². The molecule has 19 heteroatoms. The van der Waals surface area contributed by atoms with E-state index in [4.69, 9.17) is 44.3 Å². The first kappa shape index (κ1) is 43.6. The highest BCUT2D eigenvalue weighted by Gasteiger charge is 2.26. The van der Waals surface area contributed by atoms with Crippen molar-refractivity contribution in [1.82, 2.24) is 15.3 Å². The van der Waals surface area contributed by atoms with E-state index in [0.717, 1.165) is 0 Å². The molecule has 1 aromatic heterocycles. The van der Waals surface area contributed by atoms with E-state index in [0.29, 0.717) is 29.7 Å². The average Bonchev–Trinajstić information content (AvgIpc) is 3.17. The second kappa shape index (κ2) is 22.4. The van der Waals surface area contributed by atoms with Crippen LogP contribution in [0.15, 0.2) is 77.0 Å². The number of methoxy groups -OCH3 is 1. The summed E-state index contributed by atoms with van der Waals surface area (Å²) in [6.07, 6.45) is 1.81. The minimum absolute atomic E-state index is 0.0140. The van der Waals surface area contributed by atoms with Gasteiger partial charge >= 0.3 is 24.2 Å². The van der Waals surface area contributed by atoms with Crippen molar-refractivity contribution in [2.45, 2.75) is 52.7 Å². The summed E-state index contributed by atoms with van der Waals surface area (Å²) in [6, 6.07) is 8.55. The average molecular weight is 781 g/mol. The molecule has 0 fully saturated rings. The van der Waals surface area contributed by atoms with Crippen molar-refractivity contribution >= 4 is 47.5 Å². The number of nitrogens with two attached hydrogens (primary N) is 1. The maximum Gasteiger partial charge on any atom is 0.511 e. The Morgan fingerprint density at radius 3 is 2.32 bits per heavy atom. The van der Waals surface area contributed by atoms with Crippen LogP contribution in [0.1, 0.15) is 57.7 Å². The maximum absolute atomic E-state index is 16.4. The maximum atomic E-state index is 16.4. The Balaban J connectivity index is 2.03. The molecule has 0 radical (unpaired) electrons. The number of anilines is 1. The third-order valence-electron chi connectivity index (χ3n) is 7.20. The van der Waals surface area contributed by atoms with Gasteiger partial charge in [0.2, 0.25) is 6.79 Å². The van der Waals surface area contributed by atoms with Crippen LogP contribution in [0.25, 0.3) is 0 Å². The Hall–Kier alpha value is -6.79. The molecular formula is C37H45FN8O10. The number of alkyl carbamates (subject to hydrolysis) is 1. The summed E-state index contributed by atoms with van der Waals surface area (Å²) >= 11 is 0. The number of amidine groups is 3. The number of amides is 1. The summed E-state index contributed by atoms with van der Waals surface area (Å²) in [6.45, 7) is 9.24. The van der Waals surface area contributed by atoms with Crippen LogP contribution in [0.3, 0.4) is 0 Å². The van der Waals surface area contributed by atoms with Gasteiger partial charge in [-0.25, -0.2) is 23.9 Å². The molecule has 0 aliphatic rings. The molecule has 1 heterocycles. The van der Waals surface area contributed by atoms with Crippen molar-refractivity contribution in [2.75, 3.05) is 39.0 Å². The first-order valence-electron chi connectivity index (χ1n) is 17.2. The third-order valence-corrected chi connectivity index (χ3v) is 7.20. The number of hydrogen-bond acceptors (Lipinski definition) is 15. The van der Waals surface area contributed by atoms with E-state index in [1.807, 2.05) is 13.8 Å². The molecule has 0 unspecified atom stereocenters. The van der Waals surface area contributed by atoms with Crippen LogP contribution in [0.2, 0.25) is 0 Å². The highest BCUT2D eigenvalue weighted by molar-refractivity contribution is 6.04. The standard InChI is InChI=1S/C37H45FN8O10/c1-7-26(8-2)56-37(49)55-21-54-35(46-34-41-14-9-15-42-34)44-33(40)31(28-18-27(50-6)19-29(30(28)38)52-17-16-51-23(5)47)43-25-12-10-24(11-13-25)32(39)45-36(48)53-20-22(3)4/h9-15,18-19,26,31,43H,3,7-8,16-17,20-21H2,1-2,4-6H3,(H2,39,45,48)(H2,40,41,42,44,46)/t31-/m1/s1. The minimum atomic E-state index is -1.31. The van der Waals surface area contributed by atoms with Crippen LogP contribution in [-0.2, 0) is 28.5 Å². The molecule has 0 spiro atoms. The number of aromatic nitrogens is 2. The van der Waals surface area contributed by atoms with Crippen molar-refractivity contribution in [3.63, 3.8) is 0 Å². The van der Waals surface area contributed by atoms with Gasteiger partial charge < -0.3 is 44.2 Å². The van der Waals surface area contributed by atoms with Gasteiger partial charge in [0.1, 0.15) is 49.4 Å². The van der Waals surface area contributed by atoms with E-state index >= 15 is 4.39 Å². The molecule has 3 rings (SSSR count). The summed E-state index contributed by atoms with van der Waals surface area (Å²) in [5.74, 6) is -2.16. The Bertz CT molecular complexity index is 1870. The predicted molar refractivity (Wildman–Crippen MR) is 203 cm³/mol. The Morgan fingerprint density at radius 2 is 1.70 bits per heavy atom. The second-order valence-electron chi connectivity index (χ2n) is 11.6. The second-order valence-corrected chi connectivity index (χ2v) is 11.6. The molecule has 5 N–H and O–H groups in total. The summed E-state index contributed by atoms with van der Waals surface area (Å²) in [7, 11) is 1.36. The number of benzene rings is 2. The van der Waals surface area contributed by atoms with Crippen molar-refractivity contribution in [2.24, 2.45) is 15.7 Å². The lowest BCUT2D eigenvalue weighted by Crippen LogP contribution is -2.31. The molecule has 0 aliphatic heterocycles. The topological polar surface area (TPSA) is 240 Å². The number of nitrogens with one attached hydrogen (secondary N) is 3. The zero-order valence-electron chi connectivity index (χ0n) is 31.6. The largest absolute Gasteiger partial charge is 0.511 e. The Kier molecular flexibility index (Phi) is 17.5. The third kappa shape index (κ3) is 14.6. The normalized spacial score (nSPS) is 11.8. The molecule has 3 aromatic rings. The number of halogens is 1. The van der Waals surface area contributed by atoms with Crippen molar-refractivity contribution < 1.29 is 51.9 Å². The minimum Gasteiger partial charge on any atom is -0.497 e. The SMILES string of the molecule is C=C(C)COC(=O)NC(=N)c1ccc(N[C@@H](C(N)=NC(=Nc2ncccn2)OCOC(=O)OC(CC)CC)c2cc(OC)cc(OCCOC(C)=O)c2F)cc1. The quantitative estimate of drug-likeness (QED) is 0.0230. The van der Waals surface area contributed by atoms with E-state index in [9.17, 15) is 14.4 Å². The van der Waals surface area contributed by atoms with Gasteiger partial charge in [0.25, 0.3) is 5.95 Å². The summed E-state index contributed by atoms with van der Waals surface area (Å²) in [5, 5.41) is 13.7. The summed E-state index contributed by atoms with van der Waals surface area (Å²) in [4.78, 5) is 52.1. The number of hydrogen-bond donors (Lipinski definition) is 4. The first-order chi connectivity index (χ1) is 26.8. The van der Waals surface area contributed by atoms with Gasteiger partial charge in [-0.2, -0.15) is 9.98 Å². The first-order valence-corrected chi connectivity index (χ1v) is 17.2. The number of esters is 1. The fraction of sp³-hybridized carbons (Fsp3) is 0.351. The van der Waals surface area contributed by atoms with Crippen LogP contribution in [0.5, 0.6) is 11.5 Å². The predicted octanol–water partition coefficient (Wildman–Crippen LogP) is 5.71. The van der Waals surface area contributed by atoms with Gasteiger partial charge in [-0.15, -0.1) is 0 Å². The van der Waals surface area contributed by atoms with E-state index in [1.54, 1.807) is 25.1 Å². The van der Waals surface area contributed by atoms with Gasteiger partial charge in [0.05, 0.1) is 7.11 Å². The highest BCUT2D eigenvalue weighted by atomic mass is 19.1. The number of ether oxygens (including phenoxy) is 7. The lowest BCUT2D eigenvalue weighted by Gasteiger charge is -2.23. The van der Waals surface area contributed by atoms with E-state index in [-0.39, 0.29) is 60.6 Å². The van der Waals surface area contributed by atoms with E-state index < -0.39 is 42.9 Å². The van der Waals surface area contributed by atoms with Crippen LogP contribution in [0.4, 0.5) is 25.6 Å². The van der Waals surface area contributed by atoms with Crippen LogP contribution >= 0.6 is 0 Å². The number of aliphatic imine (C=N–C) groups is 2. The zero-order valence-corrected chi connectivity index (χ0v) is 31.6. The summed E-state index contributed by atoms with van der Waals surface area (Å²) in [5.41, 5.74) is 7.75. The van der Waals surface area contributed by atoms with Crippen LogP contribution in [0, 0.1) is 11.2 Å². The molecule has 18 nitrogen and oxygen atoms in total. The number of carbonyl (C=O) groups is 3. The van der Waals surface area contributed by atoms with Gasteiger partial charge in [-0.05, 0) is 61.7 Å². The molecule has 0 aliphatic carbocycles. The monoisotopic (exact) mass is 780 g/mol. The molecular weight excluding hydrogens is 735 g/mol. The fourth-order valence-electron chi connectivity index (χ4n) is 4.43. The molecule has 1 amide bonds. The van der Waals surface area contributed by atoms with Crippen molar-refractivity contribution in [3.05, 3.63) is 84.0 Å². The Labute approximate surface area is 322 Å². The van der Waals surface area contributed by atoms with Crippen LogP contribution < -0.4 is 25.8 Å². The number of rotatable bonds is 18. The molecule has 0 bridgehead atoms. The molecule has 1 atom stereocenters. The van der Waals surface area contributed by atoms with Gasteiger partial charge in [-0.1, -0.05) is 20.4 Å². The number of carbonyl (C=O) groups excluding carboxylic acids is 3. The lowest BCUT2D eigenvalue weighted by atomic mass is 10.0. The Morgan fingerprint density at radius 1 is 1.00 bits per heavy atom. The number of nitrogens with zero attached hydrogens (tertiary/aromatic N) is 4. The molecule has 0 saturated heterocycles. The highest BCUT2D eigenvalue weighted by Crippen LogP contribution is 2.33. The zero-order chi connectivity index (χ0) is 41.0. The van der Waals surface area contributed by atoms with E-state index in [2.05, 4.69) is 37.2 Å². The molecule has 2 aromatic carbocycles. The molecule has 0 saturated carbocycles. The molecule has 300 valence electrons. The van der Waals surface area contributed by atoms with E-state index in [1.165, 1.54) is 50.7 Å². The van der Waals surface area contributed by atoms with Gasteiger partial charge in [0, 0.05) is 42.2 Å². The van der Waals surface area contributed by atoms with Gasteiger partial charge in [0.15, 0.2) is 11.6 Å².